The van der Waals surface area contributed by atoms with Crippen LogP contribution in [0.4, 0.5) is 0 Å². The van der Waals surface area contributed by atoms with Gasteiger partial charge in [-0.2, -0.15) is 0 Å². The van der Waals surface area contributed by atoms with Crippen LogP contribution in [0.1, 0.15) is 0 Å². The number of benzene rings is 6. The van der Waals surface area contributed by atoms with Crippen molar-refractivity contribution in [2.24, 2.45) is 0 Å². The van der Waals surface area contributed by atoms with E-state index < -0.39 is 0 Å². The molecule has 0 atom stereocenters. The van der Waals surface area contributed by atoms with Gasteiger partial charge in [0.2, 0.25) is 0 Å². The summed E-state index contributed by atoms with van der Waals surface area (Å²) in [4.78, 5) is 10.5. The molecular formula is C38H22N2OS. The highest BCUT2D eigenvalue weighted by molar-refractivity contribution is 7.26. The lowest BCUT2D eigenvalue weighted by atomic mass is 9.94. The number of thiophene rings is 1. The molecule has 0 saturated heterocycles. The maximum atomic E-state index is 6.71. The van der Waals surface area contributed by atoms with Gasteiger partial charge in [0.1, 0.15) is 11.2 Å². The van der Waals surface area contributed by atoms with Crippen LogP contribution in [0.5, 0.6) is 0 Å². The van der Waals surface area contributed by atoms with Gasteiger partial charge in [0, 0.05) is 37.5 Å². The Morgan fingerprint density at radius 1 is 0.571 bits per heavy atom. The summed E-state index contributed by atoms with van der Waals surface area (Å²) in [6.45, 7) is 0. The number of rotatable bonds is 3. The number of furan rings is 1. The van der Waals surface area contributed by atoms with Crippen LogP contribution in [0.3, 0.4) is 0 Å². The highest BCUT2D eigenvalue weighted by Gasteiger charge is 2.22. The molecule has 196 valence electrons. The van der Waals surface area contributed by atoms with E-state index >= 15 is 0 Å². The van der Waals surface area contributed by atoms with Crippen molar-refractivity contribution in [1.29, 1.82) is 0 Å². The second kappa shape index (κ2) is 9.10. The molecule has 6 aromatic carbocycles. The van der Waals surface area contributed by atoms with Gasteiger partial charge in [-0.15, -0.1) is 11.3 Å². The maximum Gasteiger partial charge on any atom is 0.161 e. The van der Waals surface area contributed by atoms with Gasteiger partial charge in [-0.3, -0.25) is 0 Å². The molecule has 9 aromatic rings. The Morgan fingerprint density at radius 3 is 2.12 bits per heavy atom. The summed E-state index contributed by atoms with van der Waals surface area (Å²) < 4.78 is 9.03. The summed E-state index contributed by atoms with van der Waals surface area (Å²) in [5.74, 6) is 0.702. The molecule has 3 nitrogen and oxygen atoms in total. The molecule has 0 aliphatic rings. The molecule has 0 bridgehead atoms. The SMILES string of the molecule is c1ccc(-c2c3ccccc3cc3c2oc2cccc(-c4nc(-c5ccccc5)c5sc6ccccc6c5n4)c23)cc1. The number of fused-ring (bicyclic) bond motifs is 7. The van der Waals surface area contributed by atoms with Crippen LogP contribution in [0, 0.1) is 0 Å². The van der Waals surface area contributed by atoms with Gasteiger partial charge in [0.15, 0.2) is 5.82 Å². The van der Waals surface area contributed by atoms with Crippen molar-refractivity contribution in [3.63, 3.8) is 0 Å². The first-order valence-electron chi connectivity index (χ1n) is 14.0. The minimum Gasteiger partial charge on any atom is -0.455 e. The third-order valence-electron chi connectivity index (χ3n) is 8.08. The van der Waals surface area contributed by atoms with Crippen molar-refractivity contribution in [1.82, 2.24) is 9.97 Å². The summed E-state index contributed by atoms with van der Waals surface area (Å²) in [6, 6.07) is 46.4. The first kappa shape index (κ1) is 23.4. The van der Waals surface area contributed by atoms with E-state index in [2.05, 4.69) is 121 Å². The lowest BCUT2D eigenvalue weighted by Crippen LogP contribution is -1.94. The van der Waals surface area contributed by atoms with Crippen molar-refractivity contribution < 1.29 is 4.42 Å². The molecule has 0 saturated carbocycles. The number of hydrogen-bond donors (Lipinski definition) is 0. The zero-order valence-corrected chi connectivity index (χ0v) is 23.2. The van der Waals surface area contributed by atoms with Crippen molar-refractivity contribution in [3.8, 4) is 33.8 Å². The Kier molecular flexibility index (Phi) is 5.07. The van der Waals surface area contributed by atoms with Crippen molar-refractivity contribution >= 4 is 64.4 Å². The molecule has 4 heteroatoms. The number of nitrogens with zero attached hydrogens (tertiary/aromatic N) is 2. The summed E-state index contributed by atoms with van der Waals surface area (Å²) in [5.41, 5.74) is 7.94. The van der Waals surface area contributed by atoms with E-state index in [9.17, 15) is 0 Å². The summed E-state index contributed by atoms with van der Waals surface area (Å²) >= 11 is 1.75. The summed E-state index contributed by atoms with van der Waals surface area (Å²) in [5, 5.41) is 5.60. The zero-order chi connectivity index (χ0) is 27.6. The summed E-state index contributed by atoms with van der Waals surface area (Å²) in [6.07, 6.45) is 0. The van der Waals surface area contributed by atoms with E-state index in [1.165, 1.54) is 15.5 Å². The third-order valence-corrected chi connectivity index (χ3v) is 9.25. The lowest BCUT2D eigenvalue weighted by Gasteiger charge is -2.09. The first-order valence-corrected chi connectivity index (χ1v) is 14.8. The number of hydrogen-bond acceptors (Lipinski definition) is 4. The predicted octanol–water partition coefficient (Wildman–Crippen LogP) is 10.9. The van der Waals surface area contributed by atoms with Crippen LogP contribution in [0.2, 0.25) is 0 Å². The van der Waals surface area contributed by atoms with Crippen molar-refractivity contribution in [2.75, 3.05) is 0 Å². The average molecular weight is 555 g/mol. The van der Waals surface area contributed by atoms with Gasteiger partial charge in [-0.1, -0.05) is 115 Å². The molecular weight excluding hydrogens is 532 g/mol. The van der Waals surface area contributed by atoms with Crippen molar-refractivity contribution in [2.45, 2.75) is 0 Å². The van der Waals surface area contributed by atoms with Gasteiger partial charge in [-0.25, -0.2) is 9.97 Å². The largest absolute Gasteiger partial charge is 0.455 e. The number of aromatic nitrogens is 2. The Hall–Kier alpha value is -5.32. The zero-order valence-electron chi connectivity index (χ0n) is 22.4. The monoisotopic (exact) mass is 554 g/mol. The van der Waals surface area contributed by atoms with E-state index in [0.717, 1.165) is 65.5 Å². The van der Waals surface area contributed by atoms with Crippen LogP contribution in [-0.2, 0) is 0 Å². The molecule has 0 aliphatic heterocycles. The Morgan fingerprint density at radius 2 is 1.29 bits per heavy atom. The second-order valence-electron chi connectivity index (χ2n) is 10.5. The molecule has 42 heavy (non-hydrogen) atoms. The molecule has 0 amide bonds. The van der Waals surface area contributed by atoms with E-state index in [4.69, 9.17) is 14.4 Å². The van der Waals surface area contributed by atoms with Gasteiger partial charge in [0.25, 0.3) is 0 Å². The lowest BCUT2D eigenvalue weighted by molar-refractivity contribution is 0.670. The topological polar surface area (TPSA) is 38.9 Å². The molecule has 3 heterocycles. The minimum absolute atomic E-state index is 0.702. The molecule has 0 fully saturated rings. The smallest absolute Gasteiger partial charge is 0.161 e. The van der Waals surface area contributed by atoms with E-state index in [-0.39, 0.29) is 0 Å². The van der Waals surface area contributed by atoms with Gasteiger partial charge < -0.3 is 4.42 Å². The van der Waals surface area contributed by atoms with Gasteiger partial charge >= 0.3 is 0 Å². The average Bonchev–Trinajstić information content (AvgIpc) is 3.62. The molecule has 0 N–H and O–H groups in total. The molecule has 9 rings (SSSR count). The first-order chi connectivity index (χ1) is 20.8. The molecule has 0 radical (unpaired) electrons. The van der Waals surface area contributed by atoms with Crippen molar-refractivity contribution in [3.05, 3.63) is 133 Å². The normalized spacial score (nSPS) is 11.8. The fourth-order valence-corrected chi connectivity index (χ4v) is 7.36. The quantitative estimate of drug-likeness (QED) is 0.218. The van der Waals surface area contributed by atoms with Crippen LogP contribution in [0.25, 0.3) is 86.8 Å². The minimum atomic E-state index is 0.702. The van der Waals surface area contributed by atoms with E-state index in [1.807, 2.05) is 12.1 Å². The molecule has 3 aromatic heterocycles. The molecule has 0 unspecified atom stereocenters. The fraction of sp³-hybridized carbons (Fsp3) is 0. The highest BCUT2D eigenvalue weighted by atomic mass is 32.1. The van der Waals surface area contributed by atoms with Crippen LogP contribution < -0.4 is 0 Å². The summed E-state index contributed by atoms with van der Waals surface area (Å²) in [7, 11) is 0. The predicted molar refractivity (Wildman–Crippen MR) is 176 cm³/mol. The van der Waals surface area contributed by atoms with Crippen LogP contribution in [-0.4, -0.2) is 9.97 Å². The Bertz CT molecular complexity index is 2460. The maximum absolute atomic E-state index is 6.71. The van der Waals surface area contributed by atoms with E-state index in [0.29, 0.717) is 5.82 Å². The molecule has 0 spiro atoms. The highest BCUT2D eigenvalue weighted by Crippen LogP contribution is 2.45. The third kappa shape index (κ3) is 3.46. The van der Waals surface area contributed by atoms with Gasteiger partial charge in [0.05, 0.1) is 15.9 Å². The Balaban J connectivity index is 1.41. The second-order valence-corrected chi connectivity index (χ2v) is 11.6. The van der Waals surface area contributed by atoms with Crippen LogP contribution >= 0.6 is 11.3 Å². The standard InChI is InChI=1S/C38H22N2OS/c1-3-12-23(13-4-1)32-26-17-8-7-16-25(26)22-29-33-28(19-11-20-30(33)41-36(29)32)38-39-34(24-14-5-2-6-15-24)37-35(40-38)27-18-9-10-21-31(27)42-37/h1-22H. The van der Waals surface area contributed by atoms with Gasteiger partial charge in [-0.05, 0) is 34.5 Å². The van der Waals surface area contributed by atoms with Crippen LogP contribution in [0.15, 0.2) is 138 Å². The van der Waals surface area contributed by atoms with E-state index in [1.54, 1.807) is 11.3 Å². The Labute approximate surface area is 245 Å². The molecule has 0 aliphatic carbocycles. The fourth-order valence-electron chi connectivity index (χ4n) is 6.21.